The number of nitrogens with one attached hydrogen (secondary N) is 1. The predicted octanol–water partition coefficient (Wildman–Crippen LogP) is 3.29. The molecule has 0 aliphatic carbocycles. The third-order valence-corrected chi connectivity index (χ3v) is 3.57. The van der Waals surface area contributed by atoms with Crippen molar-refractivity contribution < 1.29 is 0 Å². The molecule has 0 radical (unpaired) electrons. The van der Waals surface area contributed by atoms with Crippen molar-refractivity contribution in [3.63, 3.8) is 0 Å². The quantitative estimate of drug-likeness (QED) is 0.921. The lowest BCUT2D eigenvalue weighted by atomic mass is 10.0. The van der Waals surface area contributed by atoms with Gasteiger partial charge in [-0.3, -0.25) is 0 Å². The van der Waals surface area contributed by atoms with Crippen LogP contribution in [0.5, 0.6) is 0 Å². The van der Waals surface area contributed by atoms with E-state index in [1.165, 1.54) is 5.56 Å². The maximum atomic E-state index is 6.08. The van der Waals surface area contributed by atoms with Crippen LogP contribution in [0.25, 0.3) is 5.69 Å². The van der Waals surface area contributed by atoms with Gasteiger partial charge in [0.2, 0.25) is 0 Å². The Hall–Kier alpha value is -1.32. The summed E-state index contributed by atoms with van der Waals surface area (Å²) in [7, 11) is 1.95. The van der Waals surface area contributed by atoms with E-state index >= 15 is 0 Å². The smallest absolute Gasteiger partial charge is 0.0994 e. The summed E-state index contributed by atoms with van der Waals surface area (Å²) >= 11 is 6.08. The van der Waals surface area contributed by atoms with Gasteiger partial charge in [0.05, 0.1) is 29.4 Å². The molecule has 0 aliphatic rings. The SMILES string of the molecule is CNC(C)(C)c1cncn1-c1cc(Cl)ccc1C. The summed E-state index contributed by atoms with van der Waals surface area (Å²) in [6.45, 7) is 6.32. The van der Waals surface area contributed by atoms with E-state index in [0.717, 1.165) is 16.4 Å². The predicted molar refractivity (Wildman–Crippen MR) is 75.4 cm³/mol. The minimum Gasteiger partial charge on any atom is -0.310 e. The van der Waals surface area contributed by atoms with Crippen LogP contribution in [0.3, 0.4) is 0 Å². The third-order valence-electron chi connectivity index (χ3n) is 3.33. The highest BCUT2D eigenvalue weighted by Gasteiger charge is 2.23. The van der Waals surface area contributed by atoms with Crippen LogP contribution in [0.4, 0.5) is 0 Å². The molecule has 1 heterocycles. The van der Waals surface area contributed by atoms with Gasteiger partial charge in [0, 0.05) is 5.02 Å². The number of benzene rings is 1. The number of rotatable bonds is 3. The van der Waals surface area contributed by atoms with Gasteiger partial charge in [0.25, 0.3) is 0 Å². The molecule has 0 saturated carbocycles. The number of aryl methyl sites for hydroxylation is 1. The van der Waals surface area contributed by atoms with E-state index in [4.69, 9.17) is 11.6 Å². The number of hydrogen-bond acceptors (Lipinski definition) is 2. The molecule has 0 amide bonds. The summed E-state index contributed by atoms with van der Waals surface area (Å²) in [5.74, 6) is 0. The lowest BCUT2D eigenvalue weighted by molar-refractivity contribution is 0.424. The average Bonchev–Trinajstić information content (AvgIpc) is 2.82. The standard InChI is InChI=1S/C14H18ClN3/c1-10-5-6-11(15)7-12(10)18-9-17-8-13(18)14(2,3)16-4/h5-9,16H,1-4H3. The highest BCUT2D eigenvalue weighted by atomic mass is 35.5. The maximum absolute atomic E-state index is 6.08. The van der Waals surface area contributed by atoms with E-state index in [0.29, 0.717) is 0 Å². The zero-order chi connectivity index (χ0) is 13.3. The third kappa shape index (κ3) is 2.28. The van der Waals surface area contributed by atoms with E-state index < -0.39 is 0 Å². The molecule has 96 valence electrons. The van der Waals surface area contributed by atoms with Crippen LogP contribution in [0.2, 0.25) is 5.02 Å². The molecule has 2 rings (SSSR count). The molecule has 3 nitrogen and oxygen atoms in total. The van der Waals surface area contributed by atoms with E-state index in [1.54, 1.807) is 0 Å². The van der Waals surface area contributed by atoms with Crippen molar-refractivity contribution in [1.29, 1.82) is 0 Å². The first-order chi connectivity index (χ1) is 8.45. The first-order valence-electron chi connectivity index (χ1n) is 5.94. The molecule has 1 aromatic heterocycles. The Morgan fingerprint density at radius 2 is 2.06 bits per heavy atom. The topological polar surface area (TPSA) is 29.9 Å². The van der Waals surface area contributed by atoms with Crippen molar-refractivity contribution in [3.05, 3.63) is 47.0 Å². The minimum absolute atomic E-state index is 0.148. The van der Waals surface area contributed by atoms with Crippen LogP contribution >= 0.6 is 11.6 Å². The fraction of sp³-hybridized carbons (Fsp3) is 0.357. The Morgan fingerprint density at radius 3 is 2.72 bits per heavy atom. The molecule has 0 fully saturated rings. The summed E-state index contributed by atoms with van der Waals surface area (Å²) in [5, 5.41) is 4.03. The van der Waals surface area contributed by atoms with Crippen LogP contribution in [0.1, 0.15) is 25.1 Å². The van der Waals surface area contributed by atoms with Gasteiger partial charge in [0.15, 0.2) is 0 Å². The van der Waals surface area contributed by atoms with E-state index in [2.05, 4.69) is 35.6 Å². The molecule has 1 aromatic carbocycles. The monoisotopic (exact) mass is 263 g/mol. The second-order valence-corrected chi connectivity index (χ2v) is 5.39. The van der Waals surface area contributed by atoms with Crippen LogP contribution in [0, 0.1) is 6.92 Å². The van der Waals surface area contributed by atoms with Crippen molar-refractivity contribution in [2.45, 2.75) is 26.3 Å². The van der Waals surface area contributed by atoms with Crippen molar-refractivity contribution in [2.24, 2.45) is 0 Å². The lowest BCUT2D eigenvalue weighted by Gasteiger charge is -2.26. The molecule has 0 unspecified atom stereocenters. The highest BCUT2D eigenvalue weighted by Crippen LogP contribution is 2.26. The van der Waals surface area contributed by atoms with Crippen molar-refractivity contribution in [2.75, 3.05) is 7.05 Å². The van der Waals surface area contributed by atoms with Gasteiger partial charge in [0.1, 0.15) is 0 Å². The van der Waals surface area contributed by atoms with Crippen molar-refractivity contribution >= 4 is 11.6 Å². The number of halogens is 1. The van der Waals surface area contributed by atoms with Gasteiger partial charge in [-0.1, -0.05) is 17.7 Å². The first-order valence-corrected chi connectivity index (χ1v) is 6.32. The zero-order valence-corrected chi connectivity index (χ0v) is 11.9. The molecule has 2 aromatic rings. The molecular weight excluding hydrogens is 246 g/mol. The molecule has 0 atom stereocenters. The van der Waals surface area contributed by atoms with Gasteiger partial charge < -0.3 is 9.88 Å². The minimum atomic E-state index is -0.148. The van der Waals surface area contributed by atoms with Crippen LogP contribution in [-0.2, 0) is 5.54 Å². The zero-order valence-electron chi connectivity index (χ0n) is 11.2. The Balaban J connectivity index is 2.59. The van der Waals surface area contributed by atoms with Crippen LogP contribution in [0.15, 0.2) is 30.7 Å². The van der Waals surface area contributed by atoms with Crippen molar-refractivity contribution in [1.82, 2.24) is 14.9 Å². The molecule has 0 bridgehead atoms. The molecular formula is C14H18ClN3. The fourth-order valence-corrected chi connectivity index (χ4v) is 2.09. The highest BCUT2D eigenvalue weighted by molar-refractivity contribution is 6.30. The second kappa shape index (κ2) is 4.75. The Morgan fingerprint density at radius 1 is 1.33 bits per heavy atom. The molecule has 0 aliphatic heterocycles. The number of imidazole rings is 1. The molecule has 18 heavy (non-hydrogen) atoms. The Kier molecular flexibility index (Phi) is 3.46. The molecule has 0 spiro atoms. The maximum Gasteiger partial charge on any atom is 0.0994 e. The summed E-state index contributed by atoms with van der Waals surface area (Å²) in [4.78, 5) is 4.26. The van der Waals surface area contributed by atoms with Crippen molar-refractivity contribution in [3.8, 4) is 5.69 Å². The first kappa shape index (κ1) is 13.1. The van der Waals surface area contributed by atoms with E-state index in [1.807, 2.05) is 37.8 Å². The number of nitrogens with zero attached hydrogens (tertiary/aromatic N) is 2. The number of hydrogen-bond donors (Lipinski definition) is 1. The summed E-state index contributed by atoms with van der Waals surface area (Å²) in [5.41, 5.74) is 3.20. The molecule has 1 N–H and O–H groups in total. The van der Waals surface area contributed by atoms with E-state index in [9.17, 15) is 0 Å². The van der Waals surface area contributed by atoms with Gasteiger partial charge in [-0.2, -0.15) is 0 Å². The Bertz CT molecular complexity index is 558. The second-order valence-electron chi connectivity index (χ2n) is 4.95. The summed E-state index contributed by atoms with van der Waals surface area (Å²) in [6, 6.07) is 5.89. The largest absolute Gasteiger partial charge is 0.310 e. The van der Waals surface area contributed by atoms with Crippen LogP contribution in [-0.4, -0.2) is 16.6 Å². The fourth-order valence-electron chi connectivity index (χ4n) is 1.92. The lowest BCUT2D eigenvalue weighted by Crippen LogP contribution is -2.35. The normalized spacial score (nSPS) is 11.8. The molecule has 4 heteroatoms. The van der Waals surface area contributed by atoms with E-state index in [-0.39, 0.29) is 5.54 Å². The van der Waals surface area contributed by atoms with Gasteiger partial charge in [-0.15, -0.1) is 0 Å². The summed E-state index contributed by atoms with van der Waals surface area (Å²) < 4.78 is 2.08. The average molecular weight is 264 g/mol. The molecule has 0 saturated heterocycles. The van der Waals surface area contributed by atoms with Crippen LogP contribution < -0.4 is 5.32 Å². The van der Waals surface area contributed by atoms with Gasteiger partial charge >= 0.3 is 0 Å². The van der Waals surface area contributed by atoms with Gasteiger partial charge in [-0.05, 0) is 45.5 Å². The number of aromatic nitrogens is 2. The van der Waals surface area contributed by atoms with Gasteiger partial charge in [-0.25, -0.2) is 4.98 Å². The Labute approximate surface area is 113 Å². The summed E-state index contributed by atoms with van der Waals surface area (Å²) in [6.07, 6.45) is 3.71.